The molecule has 0 spiro atoms. The van der Waals surface area contributed by atoms with Crippen LogP contribution in [-0.4, -0.2) is 18.0 Å². The molecule has 134 valence electrons. The summed E-state index contributed by atoms with van der Waals surface area (Å²) in [5.41, 5.74) is 6.79. The number of amides is 1. The standard InChI is InChI=1S/C23H20N2O2/c1-27-22-15-9-8-14-19(22)21-16-20(17-10-4-2-5-11-17)24-25(21)23(26)18-12-6-3-7-13-18/h2-16,21,24H,1H3/t21-/m1/s1. The quantitative estimate of drug-likeness (QED) is 0.751. The number of hydrogen-bond acceptors (Lipinski definition) is 3. The molecular formula is C23H20N2O2. The highest BCUT2D eigenvalue weighted by Crippen LogP contribution is 2.36. The number of para-hydroxylation sites is 1. The van der Waals surface area contributed by atoms with Crippen LogP contribution in [0.25, 0.3) is 5.70 Å². The van der Waals surface area contributed by atoms with Gasteiger partial charge in [-0.1, -0.05) is 66.7 Å². The number of carbonyl (C=O) groups excluding carboxylic acids is 1. The smallest absolute Gasteiger partial charge is 0.273 e. The van der Waals surface area contributed by atoms with Crippen molar-refractivity contribution in [2.45, 2.75) is 6.04 Å². The summed E-state index contributed by atoms with van der Waals surface area (Å²) in [7, 11) is 1.65. The lowest BCUT2D eigenvalue weighted by molar-refractivity contribution is 0.0671. The van der Waals surface area contributed by atoms with E-state index in [-0.39, 0.29) is 11.9 Å². The van der Waals surface area contributed by atoms with Gasteiger partial charge in [0.1, 0.15) is 11.8 Å². The first-order valence-electron chi connectivity index (χ1n) is 8.83. The Balaban J connectivity index is 1.77. The fourth-order valence-corrected chi connectivity index (χ4v) is 3.28. The molecule has 3 aromatic carbocycles. The number of methoxy groups -OCH3 is 1. The van der Waals surface area contributed by atoms with E-state index in [1.807, 2.05) is 84.9 Å². The van der Waals surface area contributed by atoms with Crippen molar-refractivity contribution in [2.75, 3.05) is 7.11 Å². The van der Waals surface area contributed by atoms with Gasteiger partial charge in [0, 0.05) is 11.1 Å². The maximum absolute atomic E-state index is 13.2. The van der Waals surface area contributed by atoms with Gasteiger partial charge >= 0.3 is 0 Å². The number of hydrazine groups is 1. The summed E-state index contributed by atoms with van der Waals surface area (Å²) in [5.74, 6) is 0.661. The van der Waals surface area contributed by atoms with Gasteiger partial charge in [-0.3, -0.25) is 10.2 Å². The van der Waals surface area contributed by atoms with Crippen LogP contribution in [0.2, 0.25) is 0 Å². The predicted molar refractivity (Wildman–Crippen MR) is 106 cm³/mol. The minimum absolute atomic E-state index is 0.0892. The Kier molecular flexibility index (Phi) is 4.62. The van der Waals surface area contributed by atoms with Crippen molar-refractivity contribution < 1.29 is 9.53 Å². The van der Waals surface area contributed by atoms with Crippen LogP contribution in [0.4, 0.5) is 0 Å². The second kappa shape index (κ2) is 7.38. The molecule has 27 heavy (non-hydrogen) atoms. The highest BCUT2D eigenvalue weighted by atomic mass is 16.5. The number of nitrogens with one attached hydrogen (secondary N) is 1. The van der Waals surface area contributed by atoms with Crippen LogP contribution in [-0.2, 0) is 0 Å². The molecule has 1 aliphatic heterocycles. The Hall–Kier alpha value is -3.53. The summed E-state index contributed by atoms with van der Waals surface area (Å²) < 4.78 is 5.54. The molecule has 3 aromatic rings. The van der Waals surface area contributed by atoms with Crippen LogP contribution < -0.4 is 10.2 Å². The van der Waals surface area contributed by atoms with E-state index in [0.717, 1.165) is 22.6 Å². The minimum Gasteiger partial charge on any atom is -0.496 e. The van der Waals surface area contributed by atoms with Crippen molar-refractivity contribution in [2.24, 2.45) is 0 Å². The Morgan fingerprint density at radius 3 is 2.22 bits per heavy atom. The molecule has 0 radical (unpaired) electrons. The van der Waals surface area contributed by atoms with E-state index < -0.39 is 0 Å². The van der Waals surface area contributed by atoms with E-state index in [0.29, 0.717) is 5.56 Å². The minimum atomic E-state index is -0.274. The van der Waals surface area contributed by atoms with Crippen LogP contribution in [0, 0.1) is 0 Å². The molecule has 1 aliphatic rings. The van der Waals surface area contributed by atoms with Gasteiger partial charge < -0.3 is 4.74 Å². The number of hydrogen-bond donors (Lipinski definition) is 1. The number of nitrogens with zero attached hydrogens (tertiary/aromatic N) is 1. The number of benzene rings is 3. The second-order valence-electron chi connectivity index (χ2n) is 6.29. The van der Waals surface area contributed by atoms with Crippen LogP contribution >= 0.6 is 0 Å². The predicted octanol–water partition coefficient (Wildman–Crippen LogP) is 4.44. The molecule has 0 unspecified atom stereocenters. The second-order valence-corrected chi connectivity index (χ2v) is 6.29. The third-order valence-corrected chi connectivity index (χ3v) is 4.63. The summed E-state index contributed by atoms with van der Waals surface area (Å²) in [6.45, 7) is 0. The molecule has 0 saturated heterocycles. The highest BCUT2D eigenvalue weighted by molar-refractivity contribution is 5.95. The van der Waals surface area contributed by atoms with Gasteiger partial charge in [-0.15, -0.1) is 0 Å². The van der Waals surface area contributed by atoms with Crippen LogP contribution in [0.1, 0.15) is 27.5 Å². The Morgan fingerprint density at radius 1 is 0.889 bits per heavy atom. The fourth-order valence-electron chi connectivity index (χ4n) is 3.28. The van der Waals surface area contributed by atoms with Gasteiger partial charge in [-0.25, -0.2) is 5.01 Å². The van der Waals surface area contributed by atoms with E-state index in [2.05, 4.69) is 11.5 Å². The van der Waals surface area contributed by atoms with Gasteiger partial charge in [0.2, 0.25) is 0 Å². The Bertz CT molecular complexity index is 968. The number of ether oxygens (including phenoxy) is 1. The monoisotopic (exact) mass is 356 g/mol. The molecule has 0 aliphatic carbocycles. The molecule has 0 bridgehead atoms. The molecule has 1 amide bonds. The lowest BCUT2D eigenvalue weighted by Gasteiger charge is -2.26. The molecule has 0 fully saturated rings. The molecule has 4 nitrogen and oxygen atoms in total. The van der Waals surface area contributed by atoms with Crippen LogP contribution in [0.5, 0.6) is 5.75 Å². The van der Waals surface area contributed by atoms with Crippen LogP contribution in [0.3, 0.4) is 0 Å². The van der Waals surface area contributed by atoms with Crippen LogP contribution in [0.15, 0.2) is 91.0 Å². The van der Waals surface area contributed by atoms with Gasteiger partial charge in [0.25, 0.3) is 5.91 Å². The first-order valence-corrected chi connectivity index (χ1v) is 8.83. The van der Waals surface area contributed by atoms with Gasteiger partial charge in [0.15, 0.2) is 0 Å². The third kappa shape index (κ3) is 3.29. The first-order chi connectivity index (χ1) is 13.3. The van der Waals surface area contributed by atoms with E-state index >= 15 is 0 Å². The van der Waals surface area contributed by atoms with Crippen molar-refractivity contribution in [3.8, 4) is 5.75 Å². The molecular weight excluding hydrogens is 336 g/mol. The van der Waals surface area contributed by atoms with Crippen molar-refractivity contribution >= 4 is 11.6 Å². The fraction of sp³-hybridized carbons (Fsp3) is 0.0870. The molecule has 0 aromatic heterocycles. The highest BCUT2D eigenvalue weighted by Gasteiger charge is 2.32. The summed E-state index contributed by atoms with van der Waals surface area (Å²) >= 11 is 0. The van der Waals surface area contributed by atoms with Crippen molar-refractivity contribution in [3.63, 3.8) is 0 Å². The zero-order valence-electron chi connectivity index (χ0n) is 15.0. The van der Waals surface area contributed by atoms with Gasteiger partial charge in [-0.2, -0.15) is 0 Å². The van der Waals surface area contributed by atoms with E-state index in [1.165, 1.54) is 0 Å². The lowest BCUT2D eigenvalue weighted by atomic mass is 10.0. The van der Waals surface area contributed by atoms with E-state index in [1.54, 1.807) is 12.1 Å². The average molecular weight is 356 g/mol. The summed E-state index contributed by atoms with van der Waals surface area (Å²) in [5, 5.41) is 1.66. The third-order valence-electron chi connectivity index (χ3n) is 4.63. The van der Waals surface area contributed by atoms with E-state index in [9.17, 15) is 4.79 Å². The SMILES string of the molecule is COc1ccccc1[C@H]1C=C(c2ccccc2)NN1C(=O)c1ccccc1. The zero-order valence-corrected chi connectivity index (χ0v) is 15.0. The van der Waals surface area contributed by atoms with Gasteiger partial charge in [-0.05, 0) is 29.8 Å². The number of rotatable bonds is 4. The van der Waals surface area contributed by atoms with Crippen molar-refractivity contribution in [1.82, 2.24) is 10.4 Å². The Morgan fingerprint density at radius 2 is 1.52 bits per heavy atom. The summed E-state index contributed by atoms with van der Waals surface area (Å²) in [6.07, 6.45) is 2.06. The lowest BCUT2D eigenvalue weighted by Crippen LogP contribution is -2.39. The zero-order chi connectivity index (χ0) is 18.6. The molecule has 4 heteroatoms. The van der Waals surface area contributed by atoms with E-state index in [4.69, 9.17) is 4.74 Å². The topological polar surface area (TPSA) is 41.6 Å². The largest absolute Gasteiger partial charge is 0.496 e. The molecule has 4 rings (SSSR count). The first kappa shape index (κ1) is 16.9. The normalized spacial score (nSPS) is 15.8. The summed E-state index contributed by atoms with van der Waals surface area (Å²) in [4.78, 5) is 13.2. The molecule has 1 atom stereocenters. The van der Waals surface area contributed by atoms with Crippen molar-refractivity contribution in [3.05, 3.63) is 108 Å². The molecule has 1 N–H and O–H groups in total. The van der Waals surface area contributed by atoms with Gasteiger partial charge in [0.05, 0.1) is 12.8 Å². The maximum Gasteiger partial charge on any atom is 0.273 e. The maximum atomic E-state index is 13.2. The Labute approximate surface area is 158 Å². The molecule has 1 heterocycles. The summed E-state index contributed by atoms with van der Waals surface area (Å²) in [6, 6.07) is 26.8. The van der Waals surface area contributed by atoms with Crippen molar-refractivity contribution in [1.29, 1.82) is 0 Å². The number of carbonyl (C=O) groups is 1. The molecule has 0 saturated carbocycles. The average Bonchev–Trinajstić information content (AvgIpc) is 3.19.